The summed E-state index contributed by atoms with van der Waals surface area (Å²) in [7, 11) is 0. The summed E-state index contributed by atoms with van der Waals surface area (Å²) < 4.78 is 0. The van der Waals surface area contributed by atoms with Crippen LogP contribution in [0.3, 0.4) is 0 Å². The Labute approximate surface area is 106 Å². The first-order valence-corrected chi connectivity index (χ1v) is 6.53. The van der Waals surface area contributed by atoms with Crippen molar-refractivity contribution in [2.24, 2.45) is 0 Å². The number of amides is 1. The van der Waals surface area contributed by atoms with Crippen LogP contribution in [-0.4, -0.2) is 17.3 Å². The molecule has 0 aliphatic heterocycles. The largest absolute Gasteiger partial charge is 0.354 e. The van der Waals surface area contributed by atoms with Crippen LogP contribution in [0.15, 0.2) is 30.3 Å². The van der Waals surface area contributed by atoms with Crippen LogP contribution in [0, 0.1) is 0 Å². The third-order valence-electron chi connectivity index (χ3n) is 2.48. The van der Waals surface area contributed by atoms with Crippen LogP contribution in [0.5, 0.6) is 0 Å². The second kappa shape index (κ2) is 6.69. The van der Waals surface area contributed by atoms with Gasteiger partial charge in [0.05, 0.1) is 5.92 Å². The fourth-order valence-electron chi connectivity index (χ4n) is 1.62. The van der Waals surface area contributed by atoms with Crippen molar-refractivity contribution < 1.29 is 4.79 Å². The summed E-state index contributed by atoms with van der Waals surface area (Å²) in [6.07, 6.45) is 0.826. The van der Waals surface area contributed by atoms with E-state index in [1.54, 1.807) is 0 Å². The Kier molecular flexibility index (Phi) is 5.53. The molecule has 2 unspecified atom stereocenters. The van der Waals surface area contributed by atoms with Gasteiger partial charge in [0.15, 0.2) is 0 Å². The fourth-order valence-corrected chi connectivity index (χ4v) is 1.78. The van der Waals surface area contributed by atoms with E-state index in [1.165, 1.54) is 0 Å². The predicted molar refractivity (Wildman–Crippen MR) is 70.9 cm³/mol. The van der Waals surface area contributed by atoms with Gasteiger partial charge in [-0.2, -0.15) is 0 Å². The first kappa shape index (κ1) is 13.2. The maximum absolute atomic E-state index is 11.9. The number of carbonyl (C=O) groups is 1. The van der Waals surface area contributed by atoms with Gasteiger partial charge in [-0.1, -0.05) is 60.1 Å². The SMILES string of the molecule is CCC(C(=O)NCC(C)Br)c1ccccc1. The summed E-state index contributed by atoms with van der Waals surface area (Å²) in [6, 6.07) is 9.92. The van der Waals surface area contributed by atoms with Gasteiger partial charge < -0.3 is 5.32 Å². The van der Waals surface area contributed by atoms with Gasteiger partial charge in [0.2, 0.25) is 5.91 Å². The first-order chi connectivity index (χ1) is 7.65. The lowest BCUT2D eigenvalue weighted by Crippen LogP contribution is -2.32. The summed E-state index contributed by atoms with van der Waals surface area (Å²) >= 11 is 3.42. The quantitative estimate of drug-likeness (QED) is 0.827. The van der Waals surface area contributed by atoms with Gasteiger partial charge in [-0.25, -0.2) is 0 Å². The molecule has 0 bridgehead atoms. The Balaban J connectivity index is 2.64. The maximum atomic E-state index is 11.9. The van der Waals surface area contributed by atoms with Gasteiger partial charge in [-0.05, 0) is 12.0 Å². The molecule has 1 rings (SSSR count). The highest BCUT2D eigenvalue weighted by Gasteiger charge is 2.17. The molecule has 0 saturated heterocycles. The molecule has 16 heavy (non-hydrogen) atoms. The zero-order valence-electron chi connectivity index (χ0n) is 9.74. The Morgan fingerprint density at radius 3 is 2.50 bits per heavy atom. The molecule has 0 fully saturated rings. The molecule has 1 N–H and O–H groups in total. The summed E-state index contributed by atoms with van der Waals surface area (Å²) in [5.74, 6) is 0.0763. The molecule has 3 heteroatoms. The summed E-state index contributed by atoms with van der Waals surface area (Å²) in [6.45, 7) is 4.72. The molecule has 0 aromatic heterocycles. The lowest BCUT2D eigenvalue weighted by atomic mass is 9.96. The van der Waals surface area contributed by atoms with Crippen molar-refractivity contribution in [3.05, 3.63) is 35.9 Å². The lowest BCUT2D eigenvalue weighted by molar-refractivity contribution is -0.122. The summed E-state index contributed by atoms with van der Waals surface area (Å²) in [5.41, 5.74) is 1.09. The van der Waals surface area contributed by atoms with Gasteiger partial charge in [0.1, 0.15) is 0 Å². The molecule has 0 saturated carbocycles. The fraction of sp³-hybridized carbons (Fsp3) is 0.462. The highest BCUT2D eigenvalue weighted by atomic mass is 79.9. The number of hydrogen-bond acceptors (Lipinski definition) is 1. The van der Waals surface area contributed by atoms with E-state index in [2.05, 4.69) is 21.2 Å². The van der Waals surface area contributed by atoms with Crippen molar-refractivity contribution >= 4 is 21.8 Å². The second-order valence-electron chi connectivity index (χ2n) is 3.90. The maximum Gasteiger partial charge on any atom is 0.227 e. The van der Waals surface area contributed by atoms with Gasteiger partial charge in [0, 0.05) is 11.4 Å². The number of benzene rings is 1. The van der Waals surface area contributed by atoms with Crippen LogP contribution in [0.1, 0.15) is 31.7 Å². The molecule has 2 nitrogen and oxygen atoms in total. The molecule has 1 aromatic rings. The van der Waals surface area contributed by atoms with E-state index >= 15 is 0 Å². The molecule has 1 aromatic carbocycles. The van der Waals surface area contributed by atoms with Gasteiger partial charge >= 0.3 is 0 Å². The Morgan fingerprint density at radius 2 is 2.00 bits per heavy atom. The van der Waals surface area contributed by atoms with E-state index in [-0.39, 0.29) is 11.8 Å². The minimum absolute atomic E-state index is 0.0348. The van der Waals surface area contributed by atoms with Crippen LogP contribution < -0.4 is 5.32 Å². The predicted octanol–water partition coefficient (Wildman–Crippen LogP) is 3.08. The number of halogens is 1. The Hall–Kier alpha value is -0.830. The van der Waals surface area contributed by atoms with Crippen molar-refractivity contribution in [2.45, 2.75) is 31.0 Å². The Bertz CT molecular complexity index is 324. The second-order valence-corrected chi connectivity index (χ2v) is 5.46. The highest BCUT2D eigenvalue weighted by molar-refractivity contribution is 9.09. The van der Waals surface area contributed by atoms with Crippen molar-refractivity contribution in [1.82, 2.24) is 5.32 Å². The lowest BCUT2D eigenvalue weighted by Gasteiger charge is -2.16. The first-order valence-electron chi connectivity index (χ1n) is 5.61. The zero-order chi connectivity index (χ0) is 12.0. The van der Waals surface area contributed by atoms with E-state index in [0.29, 0.717) is 11.4 Å². The molecule has 1 amide bonds. The summed E-state index contributed by atoms with van der Waals surface area (Å²) in [5, 5.41) is 2.95. The minimum atomic E-state index is -0.0348. The average Bonchev–Trinajstić information content (AvgIpc) is 2.29. The minimum Gasteiger partial charge on any atom is -0.354 e. The van der Waals surface area contributed by atoms with Crippen LogP contribution in [0.2, 0.25) is 0 Å². The van der Waals surface area contributed by atoms with Crippen LogP contribution >= 0.6 is 15.9 Å². The van der Waals surface area contributed by atoms with Crippen LogP contribution in [0.25, 0.3) is 0 Å². The van der Waals surface area contributed by atoms with E-state index in [4.69, 9.17) is 0 Å². The monoisotopic (exact) mass is 283 g/mol. The van der Waals surface area contributed by atoms with Crippen LogP contribution in [-0.2, 0) is 4.79 Å². The van der Waals surface area contributed by atoms with Gasteiger partial charge in [-0.3, -0.25) is 4.79 Å². The van der Waals surface area contributed by atoms with E-state index in [0.717, 1.165) is 12.0 Å². The number of nitrogens with one attached hydrogen (secondary N) is 1. The van der Waals surface area contributed by atoms with E-state index in [9.17, 15) is 4.79 Å². The van der Waals surface area contributed by atoms with Crippen molar-refractivity contribution in [1.29, 1.82) is 0 Å². The molecule has 0 heterocycles. The third kappa shape index (κ3) is 3.97. The molecular formula is C13H18BrNO. The highest BCUT2D eigenvalue weighted by Crippen LogP contribution is 2.19. The summed E-state index contributed by atoms with van der Waals surface area (Å²) in [4.78, 5) is 12.3. The molecule has 0 radical (unpaired) electrons. The molecule has 88 valence electrons. The number of hydrogen-bond donors (Lipinski definition) is 1. The van der Waals surface area contributed by atoms with E-state index < -0.39 is 0 Å². The molecule has 2 atom stereocenters. The zero-order valence-corrected chi connectivity index (χ0v) is 11.3. The van der Waals surface area contributed by atoms with Crippen molar-refractivity contribution in [2.75, 3.05) is 6.54 Å². The average molecular weight is 284 g/mol. The van der Waals surface area contributed by atoms with Crippen molar-refractivity contribution in [3.8, 4) is 0 Å². The van der Waals surface area contributed by atoms with Crippen molar-refractivity contribution in [3.63, 3.8) is 0 Å². The van der Waals surface area contributed by atoms with Gasteiger partial charge in [-0.15, -0.1) is 0 Å². The third-order valence-corrected chi connectivity index (χ3v) is 2.81. The standard InChI is InChI=1S/C13H18BrNO/c1-3-12(11-7-5-4-6-8-11)13(16)15-9-10(2)14/h4-8,10,12H,3,9H2,1-2H3,(H,15,16). The number of carbonyl (C=O) groups excluding carboxylic acids is 1. The Morgan fingerprint density at radius 1 is 1.38 bits per heavy atom. The molecule has 0 aliphatic carbocycles. The number of alkyl halides is 1. The number of rotatable bonds is 5. The molecular weight excluding hydrogens is 266 g/mol. The molecule has 0 spiro atoms. The molecule has 0 aliphatic rings. The van der Waals surface area contributed by atoms with Gasteiger partial charge in [0.25, 0.3) is 0 Å². The topological polar surface area (TPSA) is 29.1 Å². The van der Waals surface area contributed by atoms with E-state index in [1.807, 2.05) is 44.2 Å². The normalized spacial score (nSPS) is 14.2. The van der Waals surface area contributed by atoms with Crippen LogP contribution in [0.4, 0.5) is 0 Å². The smallest absolute Gasteiger partial charge is 0.227 e.